The van der Waals surface area contributed by atoms with Crippen LogP contribution in [0.4, 0.5) is 18.9 Å². The Hall–Kier alpha value is -2.52. The first kappa shape index (κ1) is 21.2. The lowest BCUT2D eigenvalue weighted by atomic mass is 10.1. The molecule has 3 rings (SSSR count). The van der Waals surface area contributed by atoms with Gasteiger partial charge in [0.1, 0.15) is 5.76 Å². The third-order valence-electron chi connectivity index (χ3n) is 4.33. The smallest absolute Gasteiger partial charge is 0.361 e. The normalized spacial score (nSPS) is 11.7. The number of halogens is 5. The molecule has 0 bridgehead atoms. The van der Waals surface area contributed by atoms with Gasteiger partial charge in [-0.25, -0.2) is 0 Å². The van der Waals surface area contributed by atoms with Crippen molar-refractivity contribution < 1.29 is 22.5 Å². The first-order chi connectivity index (χ1) is 13.5. The largest absolute Gasteiger partial charge is 0.417 e. The van der Waals surface area contributed by atoms with Gasteiger partial charge in [0.15, 0.2) is 5.69 Å². The summed E-state index contributed by atoms with van der Waals surface area (Å²) in [7, 11) is 0. The average molecular weight is 447 g/mol. The molecule has 1 aromatic carbocycles. The van der Waals surface area contributed by atoms with Crippen LogP contribution in [0.2, 0.25) is 10.0 Å². The molecule has 11 heteroatoms. The van der Waals surface area contributed by atoms with Crippen molar-refractivity contribution in [3.05, 3.63) is 62.2 Å². The SMILES string of the molecule is Cc1nn(Cc2c(C(=O)Nc3ccc(Cl)c(C(F)(F)F)c3)noc2C)c(C)c1Cl. The molecule has 0 saturated heterocycles. The molecule has 0 aliphatic heterocycles. The van der Waals surface area contributed by atoms with Crippen LogP contribution in [-0.2, 0) is 12.7 Å². The van der Waals surface area contributed by atoms with E-state index >= 15 is 0 Å². The molecule has 0 spiro atoms. The van der Waals surface area contributed by atoms with Crippen LogP contribution in [0.25, 0.3) is 0 Å². The van der Waals surface area contributed by atoms with Crippen LogP contribution in [0.15, 0.2) is 22.7 Å². The fourth-order valence-electron chi connectivity index (χ4n) is 2.75. The summed E-state index contributed by atoms with van der Waals surface area (Å²) in [4.78, 5) is 12.6. The molecule has 1 N–H and O–H groups in total. The van der Waals surface area contributed by atoms with Gasteiger partial charge in [0, 0.05) is 11.3 Å². The maximum absolute atomic E-state index is 13.0. The van der Waals surface area contributed by atoms with E-state index in [4.69, 9.17) is 27.7 Å². The molecule has 2 heterocycles. The third-order valence-corrected chi connectivity index (χ3v) is 5.21. The lowest BCUT2D eigenvalue weighted by Gasteiger charge is -2.11. The van der Waals surface area contributed by atoms with Crippen LogP contribution >= 0.6 is 23.2 Å². The van der Waals surface area contributed by atoms with Gasteiger partial charge in [-0.2, -0.15) is 18.3 Å². The number of alkyl halides is 3. The van der Waals surface area contributed by atoms with Crippen molar-refractivity contribution in [3.63, 3.8) is 0 Å². The van der Waals surface area contributed by atoms with Crippen molar-refractivity contribution in [3.8, 4) is 0 Å². The number of carbonyl (C=O) groups excluding carboxylic acids is 1. The van der Waals surface area contributed by atoms with Crippen molar-refractivity contribution in [2.24, 2.45) is 0 Å². The molecule has 0 atom stereocenters. The van der Waals surface area contributed by atoms with Crippen molar-refractivity contribution in [1.82, 2.24) is 14.9 Å². The Morgan fingerprint density at radius 2 is 1.93 bits per heavy atom. The Morgan fingerprint density at radius 1 is 1.24 bits per heavy atom. The molecule has 2 aromatic heterocycles. The maximum atomic E-state index is 13.0. The molecule has 0 radical (unpaired) electrons. The molecule has 154 valence electrons. The lowest BCUT2D eigenvalue weighted by Crippen LogP contribution is -2.17. The maximum Gasteiger partial charge on any atom is 0.417 e. The van der Waals surface area contributed by atoms with E-state index in [-0.39, 0.29) is 17.9 Å². The van der Waals surface area contributed by atoms with Crippen molar-refractivity contribution in [1.29, 1.82) is 0 Å². The minimum atomic E-state index is -4.65. The van der Waals surface area contributed by atoms with Crippen LogP contribution in [0.3, 0.4) is 0 Å². The zero-order chi connectivity index (χ0) is 21.5. The van der Waals surface area contributed by atoms with E-state index in [0.717, 1.165) is 12.1 Å². The number of nitrogens with one attached hydrogen (secondary N) is 1. The van der Waals surface area contributed by atoms with Gasteiger partial charge in [0.05, 0.1) is 33.5 Å². The lowest BCUT2D eigenvalue weighted by molar-refractivity contribution is -0.137. The second kappa shape index (κ2) is 7.72. The number of rotatable bonds is 4. The number of benzene rings is 1. The molecular formula is C18H15Cl2F3N4O2. The standard InChI is InChI=1S/C18H15Cl2F3N4O2/c1-8-15(20)9(2)27(25-8)7-12-10(3)29-26-16(12)17(28)24-11-4-5-14(19)13(6-11)18(21,22)23/h4-6H,7H2,1-3H3,(H,24,28). The summed E-state index contributed by atoms with van der Waals surface area (Å²) in [5.74, 6) is -0.342. The van der Waals surface area contributed by atoms with E-state index in [1.807, 2.05) is 0 Å². The number of amides is 1. The minimum absolute atomic E-state index is 0.0605. The molecule has 29 heavy (non-hydrogen) atoms. The van der Waals surface area contributed by atoms with Crippen LogP contribution in [0, 0.1) is 20.8 Å². The van der Waals surface area contributed by atoms with E-state index < -0.39 is 22.7 Å². The van der Waals surface area contributed by atoms with Gasteiger partial charge in [-0.1, -0.05) is 28.4 Å². The number of anilines is 1. The van der Waals surface area contributed by atoms with Crippen molar-refractivity contribution in [2.75, 3.05) is 5.32 Å². The van der Waals surface area contributed by atoms with Gasteiger partial charge in [-0.05, 0) is 39.0 Å². The van der Waals surface area contributed by atoms with E-state index in [2.05, 4.69) is 15.6 Å². The zero-order valence-electron chi connectivity index (χ0n) is 15.5. The Morgan fingerprint density at radius 3 is 2.52 bits per heavy atom. The third kappa shape index (κ3) is 4.25. The highest BCUT2D eigenvalue weighted by molar-refractivity contribution is 6.32. The van der Waals surface area contributed by atoms with Gasteiger partial charge in [0.2, 0.25) is 0 Å². The predicted molar refractivity (Wildman–Crippen MR) is 101 cm³/mol. The molecule has 0 aliphatic rings. The highest BCUT2D eigenvalue weighted by Gasteiger charge is 2.33. The summed E-state index contributed by atoms with van der Waals surface area (Å²) in [6.07, 6.45) is -4.65. The highest BCUT2D eigenvalue weighted by Crippen LogP contribution is 2.36. The highest BCUT2D eigenvalue weighted by atomic mass is 35.5. The monoisotopic (exact) mass is 446 g/mol. The second-order valence-electron chi connectivity index (χ2n) is 6.35. The summed E-state index contributed by atoms with van der Waals surface area (Å²) >= 11 is 11.8. The van der Waals surface area contributed by atoms with E-state index in [1.165, 1.54) is 6.07 Å². The first-order valence-corrected chi connectivity index (χ1v) is 9.07. The van der Waals surface area contributed by atoms with Gasteiger partial charge in [-0.15, -0.1) is 0 Å². The Kier molecular flexibility index (Phi) is 5.64. The van der Waals surface area contributed by atoms with Gasteiger partial charge >= 0.3 is 6.18 Å². The van der Waals surface area contributed by atoms with Crippen molar-refractivity contribution in [2.45, 2.75) is 33.5 Å². The first-order valence-electron chi connectivity index (χ1n) is 8.31. The van der Waals surface area contributed by atoms with E-state index in [1.54, 1.807) is 25.5 Å². The van der Waals surface area contributed by atoms with Gasteiger partial charge in [0.25, 0.3) is 5.91 Å². The Bertz CT molecular complexity index is 1090. The van der Waals surface area contributed by atoms with Crippen LogP contribution < -0.4 is 5.32 Å². The van der Waals surface area contributed by atoms with Gasteiger partial charge < -0.3 is 9.84 Å². The predicted octanol–water partition coefficient (Wildman–Crippen LogP) is 5.42. The Balaban J connectivity index is 1.89. The Labute approximate surface area is 173 Å². The number of hydrogen-bond acceptors (Lipinski definition) is 4. The van der Waals surface area contributed by atoms with E-state index in [9.17, 15) is 18.0 Å². The number of aryl methyl sites for hydroxylation is 2. The summed E-state index contributed by atoms with van der Waals surface area (Å²) in [6, 6.07) is 3.09. The quantitative estimate of drug-likeness (QED) is 0.580. The number of carbonyl (C=O) groups is 1. The molecule has 3 aromatic rings. The fraction of sp³-hybridized carbons (Fsp3) is 0.278. The summed E-state index contributed by atoms with van der Waals surface area (Å²) in [6.45, 7) is 5.30. The summed E-state index contributed by atoms with van der Waals surface area (Å²) in [5, 5.41) is 10.5. The van der Waals surface area contributed by atoms with Crippen LogP contribution in [0.5, 0.6) is 0 Å². The van der Waals surface area contributed by atoms with Crippen LogP contribution in [0.1, 0.15) is 38.8 Å². The summed E-state index contributed by atoms with van der Waals surface area (Å²) < 4.78 is 45.8. The van der Waals surface area contributed by atoms with E-state index in [0.29, 0.717) is 27.7 Å². The number of aromatic nitrogens is 3. The molecule has 0 aliphatic carbocycles. The van der Waals surface area contributed by atoms with Gasteiger partial charge in [-0.3, -0.25) is 9.48 Å². The molecule has 0 fully saturated rings. The minimum Gasteiger partial charge on any atom is -0.361 e. The molecule has 0 saturated carbocycles. The summed E-state index contributed by atoms with van der Waals surface area (Å²) in [5.41, 5.74) is 0.580. The topological polar surface area (TPSA) is 73.0 Å². The fourth-order valence-corrected chi connectivity index (χ4v) is 3.11. The molecule has 0 unspecified atom stereocenters. The zero-order valence-corrected chi connectivity index (χ0v) is 17.0. The average Bonchev–Trinajstić information content (AvgIpc) is 3.11. The van der Waals surface area contributed by atoms with Crippen molar-refractivity contribution >= 4 is 34.8 Å². The molecule has 1 amide bonds. The number of hydrogen-bond donors (Lipinski definition) is 1. The molecular weight excluding hydrogens is 432 g/mol. The number of nitrogens with zero attached hydrogens (tertiary/aromatic N) is 3. The molecule has 6 nitrogen and oxygen atoms in total. The second-order valence-corrected chi connectivity index (χ2v) is 7.14. The van der Waals surface area contributed by atoms with Crippen LogP contribution in [-0.4, -0.2) is 20.8 Å².